The number of imidazole rings is 1. The predicted octanol–water partition coefficient (Wildman–Crippen LogP) is 6.15. The van der Waals surface area contributed by atoms with Crippen molar-refractivity contribution >= 4 is 28.6 Å². The minimum Gasteiger partial charge on any atom is -0.463 e. The fourth-order valence-corrected chi connectivity index (χ4v) is 4.47. The molecule has 1 aromatic heterocycles. The number of nitrogens with zero attached hydrogens (tertiary/aromatic N) is 2. The zero-order chi connectivity index (χ0) is 22.9. The number of hydrogen-bond donors (Lipinski definition) is 1. The molecule has 5 nitrogen and oxygen atoms in total. The zero-order valence-electron chi connectivity index (χ0n) is 19.1. The Kier molecular flexibility index (Phi) is 5.47. The number of para-hydroxylation sites is 2. The number of aromatic nitrogens is 2. The maximum atomic E-state index is 13.5. The first-order valence-corrected chi connectivity index (χ1v) is 11.4. The van der Waals surface area contributed by atoms with Crippen molar-refractivity contribution < 1.29 is 9.53 Å². The molecular formula is C28H27N3O2. The van der Waals surface area contributed by atoms with Crippen molar-refractivity contribution in [3.05, 3.63) is 101 Å². The van der Waals surface area contributed by atoms with Crippen LogP contribution in [0.5, 0.6) is 0 Å². The molecule has 5 rings (SSSR count). The van der Waals surface area contributed by atoms with Gasteiger partial charge in [-0.05, 0) is 41.7 Å². The average molecular weight is 438 g/mol. The molecule has 0 aliphatic carbocycles. The van der Waals surface area contributed by atoms with Crippen molar-refractivity contribution in [2.24, 2.45) is 0 Å². The lowest BCUT2D eigenvalue weighted by molar-refractivity contribution is -0.138. The number of carbonyl (C=O) groups is 1. The van der Waals surface area contributed by atoms with Gasteiger partial charge in [-0.3, -0.25) is 4.57 Å². The molecule has 0 bridgehead atoms. The molecule has 0 saturated carbocycles. The summed E-state index contributed by atoms with van der Waals surface area (Å²) in [7, 11) is 0. The number of hydrogen-bond acceptors (Lipinski definition) is 4. The molecule has 4 aromatic rings. The molecular weight excluding hydrogens is 410 g/mol. The number of anilines is 1. The molecule has 1 atom stereocenters. The molecule has 0 spiro atoms. The molecule has 0 unspecified atom stereocenters. The summed E-state index contributed by atoms with van der Waals surface area (Å²) in [6, 6.07) is 26.1. The third-order valence-electron chi connectivity index (χ3n) is 6.11. The Morgan fingerprint density at radius 2 is 1.70 bits per heavy atom. The van der Waals surface area contributed by atoms with E-state index in [1.165, 1.54) is 5.56 Å². The van der Waals surface area contributed by atoms with E-state index in [1.807, 2.05) is 61.5 Å². The summed E-state index contributed by atoms with van der Waals surface area (Å²) in [5.41, 5.74) is 6.34. The van der Waals surface area contributed by atoms with Gasteiger partial charge in [0.1, 0.15) is 0 Å². The summed E-state index contributed by atoms with van der Waals surface area (Å²) in [6.07, 6.45) is 0. The van der Waals surface area contributed by atoms with E-state index in [9.17, 15) is 4.79 Å². The third-order valence-corrected chi connectivity index (χ3v) is 6.11. The first kappa shape index (κ1) is 21.0. The molecule has 2 heterocycles. The maximum absolute atomic E-state index is 13.5. The summed E-state index contributed by atoms with van der Waals surface area (Å²) in [6.45, 7) is 6.50. The van der Waals surface area contributed by atoms with Crippen molar-refractivity contribution in [1.29, 1.82) is 0 Å². The van der Waals surface area contributed by atoms with E-state index in [1.54, 1.807) is 0 Å². The van der Waals surface area contributed by atoms with Crippen LogP contribution in [0, 0.1) is 0 Å². The second kappa shape index (κ2) is 8.58. The van der Waals surface area contributed by atoms with E-state index in [0.717, 1.165) is 27.9 Å². The van der Waals surface area contributed by atoms with Crippen molar-refractivity contribution in [2.45, 2.75) is 32.7 Å². The lowest BCUT2D eigenvalue weighted by Gasteiger charge is -2.31. The Morgan fingerprint density at radius 1 is 1.00 bits per heavy atom. The lowest BCUT2D eigenvalue weighted by Crippen LogP contribution is -2.29. The van der Waals surface area contributed by atoms with Gasteiger partial charge in [-0.1, -0.05) is 80.6 Å². The average Bonchev–Trinajstić information content (AvgIpc) is 3.22. The van der Waals surface area contributed by atoms with Crippen molar-refractivity contribution in [2.75, 3.05) is 11.9 Å². The van der Waals surface area contributed by atoms with Gasteiger partial charge in [-0.25, -0.2) is 9.78 Å². The summed E-state index contributed by atoms with van der Waals surface area (Å²) in [4.78, 5) is 18.3. The van der Waals surface area contributed by atoms with Gasteiger partial charge in [-0.15, -0.1) is 0 Å². The molecule has 1 aliphatic heterocycles. The summed E-state index contributed by atoms with van der Waals surface area (Å²) in [5.74, 6) is 0.808. The number of fused-ring (bicyclic) bond motifs is 3. The Hall–Kier alpha value is -3.86. The van der Waals surface area contributed by atoms with Gasteiger partial charge < -0.3 is 10.1 Å². The Morgan fingerprint density at radius 3 is 2.39 bits per heavy atom. The Labute approximate surface area is 193 Å². The zero-order valence-corrected chi connectivity index (χ0v) is 19.1. The van der Waals surface area contributed by atoms with Gasteiger partial charge in [0.2, 0.25) is 5.95 Å². The van der Waals surface area contributed by atoms with Gasteiger partial charge in [0.05, 0.1) is 35.0 Å². The lowest BCUT2D eigenvalue weighted by atomic mass is 9.91. The van der Waals surface area contributed by atoms with Crippen molar-refractivity contribution in [3.63, 3.8) is 0 Å². The van der Waals surface area contributed by atoms with Crippen LogP contribution >= 0.6 is 0 Å². The van der Waals surface area contributed by atoms with E-state index in [2.05, 4.69) is 48.0 Å². The molecule has 166 valence electrons. The maximum Gasteiger partial charge on any atom is 0.338 e. The highest BCUT2D eigenvalue weighted by molar-refractivity contribution is 6.03. The van der Waals surface area contributed by atoms with Crippen LogP contribution < -0.4 is 5.32 Å². The SMILES string of the molecule is CCOC(=O)C1=C(c2ccccc2)Nc2nc3ccccc3n2[C@H]1c1ccc(C(C)C)cc1. The summed E-state index contributed by atoms with van der Waals surface area (Å²) in [5, 5.41) is 3.45. The van der Waals surface area contributed by atoms with Crippen molar-refractivity contribution in [1.82, 2.24) is 9.55 Å². The molecule has 0 fully saturated rings. The van der Waals surface area contributed by atoms with Crippen LogP contribution in [0.3, 0.4) is 0 Å². The van der Waals surface area contributed by atoms with Crippen LogP contribution in [0.2, 0.25) is 0 Å². The van der Waals surface area contributed by atoms with E-state index in [4.69, 9.17) is 9.72 Å². The number of esters is 1. The predicted molar refractivity (Wildman–Crippen MR) is 132 cm³/mol. The second-order valence-corrected chi connectivity index (χ2v) is 8.52. The molecule has 0 amide bonds. The van der Waals surface area contributed by atoms with Gasteiger partial charge in [0.15, 0.2) is 0 Å². The van der Waals surface area contributed by atoms with Gasteiger partial charge in [0, 0.05) is 0 Å². The number of ether oxygens (including phenoxy) is 1. The highest BCUT2D eigenvalue weighted by atomic mass is 16.5. The first-order valence-electron chi connectivity index (χ1n) is 11.4. The molecule has 1 N–H and O–H groups in total. The van der Waals surface area contributed by atoms with Crippen LogP contribution in [-0.4, -0.2) is 22.1 Å². The highest BCUT2D eigenvalue weighted by Gasteiger charge is 2.36. The summed E-state index contributed by atoms with van der Waals surface area (Å²) >= 11 is 0. The Balaban J connectivity index is 1.80. The molecule has 33 heavy (non-hydrogen) atoms. The minimum atomic E-state index is -0.371. The number of nitrogens with one attached hydrogen (secondary N) is 1. The molecule has 1 aliphatic rings. The number of benzene rings is 3. The van der Waals surface area contributed by atoms with Gasteiger partial charge >= 0.3 is 5.97 Å². The molecule has 3 aromatic carbocycles. The highest BCUT2D eigenvalue weighted by Crippen LogP contribution is 2.42. The fourth-order valence-electron chi connectivity index (χ4n) is 4.47. The quantitative estimate of drug-likeness (QED) is 0.381. The number of rotatable bonds is 5. The van der Waals surface area contributed by atoms with Crippen LogP contribution in [-0.2, 0) is 9.53 Å². The third kappa shape index (κ3) is 3.69. The van der Waals surface area contributed by atoms with E-state index in [-0.39, 0.29) is 12.0 Å². The van der Waals surface area contributed by atoms with Crippen molar-refractivity contribution in [3.8, 4) is 0 Å². The largest absolute Gasteiger partial charge is 0.463 e. The second-order valence-electron chi connectivity index (χ2n) is 8.52. The summed E-state index contributed by atoms with van der Waals surface area (Å²) < 4.78 is 7.69. The van der Waals surface area contributed by atoms with Crippen LogP contribution in [0.1, 0.15) is 49.4 Å². The molecule has 0 saturated heterocycles. The standard InChI is InChI=1S/C28H27N3O2/c1-4-33-27(32)24-25(20-10-6-5-7-11-20)30-28-29-22-12-8-9-13-23(22)31(28)26(24)21-16-14-19(15-17-21)18(2)3/h5-18,26H,4H2,1-3H3,(H,29,30)/t26-/m0/s1. The van der Waals surface area contributed by atoms with Gasteiger partial charge in [0.25, 0.3) is 0 Å². The van der Waals surface area contributed by atoms with Crippen LogP contribution in [0.25, 0.3) is 16.7 Å². The minimum absolute atomic E-state index is 0.306. The smallest absolute Gasteiger partial charge is 0.338 e. The molecule has 0 radical (unpaired) electrons. The Bertz CT molecular complexity index is 1330. The van der Waals surface area contributed by atoms with E-state index < -0.39 is 0 Å². The van der Waals surface area contributed by atoms with E-state index in [0.29, 0.717) is 24.0 Å². The van der Waals surface area contributed by atoms with Crippen LogP contribution in [0.15, 0.2) is 84.4 Å². The van der Waals surface area contributed by atoms with E-state index >= 15 is 0 Å². The van der Waals surface area contributed by atoms with Gasteiger partial charge in [-0.2, -0.15) is 0 Å². The normalized spacial score (nSPS) is 15.5. The molecule has 5 heteroatoms. The monoisotopic (exact) mass is 437 g/mol. The topological polar surface area (TPSA) is 56.1 Å². The van der Waals surface area contributed by atoms with Crippen LogP contribution in [0.4, 0.5) is 5.95 Å². The number of carbonyl (C=O) groups excluding carboxylic acids is 1. The fraction of sp³-hybridized carbons (Fsp3) is 0.214. The first-order chi connectivity index (χ1) is 16.1.